The number of anilines is 2. The Balaban J connectivity index is 0.000000374. The maximum atomic E-state index is 10.5. The monoisotopic (exact) mass is 451 g/mol. The lowest BCUT2D eigenvalue weighted by molar-refractivity contribution is -0.137. The molecule has 0 amide bonds. The first-order valence-electron chi connectivity index (χ1n) is 12.1. The van der Waals surface area contributed by atoms with Gasteiger partial charge in [-0.1, -0.05) is 65.0 Å². The Morgan fingerprint density at radius 1 is 1.15 bits per heavy atom. The van der Waals surface area contributed by atoms with E-state index in [2.05, 4.69) is 48.2 Å². The van der Waals surface area contributed by atoms with E-state index in [1.807, 2.05) is 30.3 Å². The molecule has 1 saturated carbocycles. The highest BCUT2D eigenvalue weighted by molar-refractivity contribution is 5.80. The van der Waals surface area contributed by atoms with Crippen molar-refractivity contribution in [2.45, 2.75) is 71.6 Å². The second kappa shape index (κ2) is 12.3. The van der Waals surface area contributed by atoms with Crippen LogP contribution in [0.4, 0.5) is 11.6 Å². The summed E-state index contributed by atoms with van der Waals surface area (Å²) in [6.45, 7) is 7.07. The fraction of sp³-hybridized carbons (Fsp3) is 0.481. The molecule has 2 aromatic carbocycles. The third kappa shape index (κ3) is 8.12. The van der Waals surface area contributed by atoms with Crippen LogP contribution in [-0.2, 0) is 4.79 Å². The third-order valence-electron chi connectivity index (χ3n) is 5.99. The van der Waals surface area contributed by atoms with E-state index in [4.69, 9.17) is 9.84 Å². The van der Waals surface area contributed by atoms with Crippen molar-refractivity contribution in [3.8, 4) is 5.75 Å². The van der Waals surface area contributed by atoms with E-state index in [0.717, 1.165) is 22.6 Å². The first kappa shape index (κ1) is 24.6. The van der Waals surface area contributed by atoms with Crippen molar-refractivity contribution in [3.63, 3.8) is 0 Å². The number of benzene rings is 2. The fourth-order valence-electron chi connectivity index (χ4n) is 3.95. The zero-order valence-electron chi connectivity index (χ0n) is 20.1. The molecule has 1 aliphatic rings. The Labute approximate surface area is 196 Å². The number of H-pyrrole nitrogens is 1. The highest BCUT2D eigenvalue weighted by atomic mass is 16.5. The van der Waals surface area contributed by atoms with Gasteiger partial charge in [-0.3, -0.25) is 4.79 Å². The maximum Gasteiger partial charge on any atom is 0.303 e. The minimum Gasteiger partial charge on any atom is -0.494 e. The number of carboxylic acid groups (broad SMARTS) is 1. The van der Waals surface area contributed by atoms with Gasteiger partial charge < -0.3 is 20.1 Å². The smallest absolute Gasteiger partial charge is 0.303 e. The summed E-state index contributed by atoms with van der Waals surface area (Å²) in [6, 6.07) is 13.9. The summed E-state index contributed by atoms with van der Waals surface area (Å²) in [7, 11) is 0. The van der Waals surface area contributed by atoms with E-state index < -0.39 is 5.97 Å². The van der Waals surface area contributed by atoms with E-state index in [1.165, 1.54) is 37.7 Å². The van der Waals surface area contributed by atoms with Gasteiger partial charge in [0.05, 0.1) is 17.6 Å². The van der Waals surface area contributed by atoms with Crippen molar-refractivity contribution in [2.75, 3.05) is 11.9 Å². The zero-order chi connectivity index (χ0) is 23.6. The number of hydrogen-bond acceptors (Lipinski definition) is 4. The molecule has 3 aromatic rings. The van der Waals surface area contributed by atoms with Gasteiger partial charge in [0, 0.05) is 18.2 Å². The van der Waals surface area contributed by atoms with Crippen LogP contribution < -0.4 is 10.1 Å². The van der Waals surface area contributed by atoms with Crippen LogP contribution >= 0.6 is 0 Å². The molecule has 1 aliphatic carbocycles. The lowest BCUT2D eigenvalue weighted by Gasteiger charge is -2.15. The van der Waals surface area contributed by atoms with E-state index in [-0.39, 0.29) is 6.42 Å². The van der Waals surface area contributed by atoms with Crippen LogP contribution in [0, 0.1) is 5.92 Å². The molecule has 0 radical (unpaired) electrons. The topological polar surface area (TPSA) is 87.2 Å². The highest BCUT2D eigenvalue weighted by Gasteiger charge is 2.07. The minimum atomic E-state index is -0.810. The maximum absolute atomic E-state index is 10.5. The number of fused-ring (bicyclic) bond motifs is 1. The number of ether oxygens (including phenoxy) is 1. The van der Waals surface area contributed by atoms with E-state index in [0.29, 0.717) is 30.6 Å². The summed E-state index contributed by atoms with van der Waals surface area (Å²) in [6.07, 6.45) is 8.03. The first-order chi connectivity index (χ1) is 15.9. The summed E-state index contributed by atoms with van der Waals surface area (Å²) < 4.78 is 5.60. The Bertz CT molecular complexity index is 1010. The molecule has 0 spiro atoms. The van der Waals surface area contributed by atoms with Gasteiger partial charge in [0.2, 0.25) is 5.95 Å². The number of nitrogens with one attached hydrogen (secondary N) is 2. The molecule has 3 N–H and O–H groups in total. The first-order valence-corrected chi connectivity index (χ1v) is 12.1. The van der Waals surface area contributed by atoms with Crippen molar-refractivity contribution < 1.29 is 14.6 Å². The number of nitrogens with zero attached hydrogens (tertiary/aromatic N) is 1. The van der Waals surface area contributed by atoms with Gasteiger partial charge in [0.1, 0.15) is 5.75 Å². The molecule has 1 aromatic heterocycles. The SMILES string of the molecule is CC(C)c1ccc(Nc2nc3ccc(OCCCC(=O)O)cc3[nH]2)cc1.CC1CCCCC1. The summed E-state index contributed by atoms with van der Waals surface area (Å²) in [4.78, 5) is 18.3. The van der Waals surface area contributed by atoms with Crippen molar-refractivity contribution in [3.05, 3.63) is 48.0 Å². The van der Waals surface area contributed by atoms with Crippen molar-refractivity contribution in [1.82, 2.24) is 9.97 Å². The number of aromatic nitrogens is 2. The quantitative estimate of drug-likeness (QED) is 0.314. The van der Waals surface area contributed by atoms with Gasteiger partial charge in [-0.05, 0) is 48.1 Å². The van der Waals surface area contributed by atoms with Crippen LogP contribution in [0.5, 0.6) is 5.75 Å². The Morgan fingerprint density at radius 3 is 2.48 bits per heavy atom. The van der Waals surface area contributed by atoms with Crippen molar-refractivity contribution in [1.29, 1.82) is 0 Å². The molecule has 0 aliphatic heterocycles. The normalized spacial score (nSPS) is 14.1. The Hall–Kier alpha value is -3.02. The van der Waals surface area contributed by atoms with Crippen LogP contribution in [0.25, 0.3) is 11.0 Å². The molecule has 0 saturated heterocycles. The molecule has 0 atom stereocenters. The molecular weight excluding hydrogens is 414 g/mol. The fourth-order valence-corrected chi connectivity index (χ4v) is 3.95. The average Bonchev–Trinajstić information content (AvgIpc) is 3.19. The van der Waals surface area contributed by atoms with E-state index in [9.17, 15) is 4.79 Å². The van der Waals surface area contributed by atoms with Gasteiger partial charge in [0.25, 0.3) is 0 Å². The van der Waals surface area contributed by atoms with Gasteiger partial charge in [-0.15, -0.1) is 0 Å². The number of imidazole rings is 1. The Morgan fingerprint density at radius 2 is 1.88 bits per heavy atom. The molecule has 178 valence electrons. The minimum absolute atomic E-state index is 0.107. The summed E-state index contributed by atoms with van der Waals surface area (Å²) in [5, 5.41) is 11.9. The molecule has 1 fully saturated rings. The van der Waals surface area contributed by atoms with Crippen LogP contribution in [0.2, 0.25) is 0 Å². The average molecular weight is 452 g/mol. The van der Waals surface area contributed by atoms with Gasteiger partial charge in [-0.2, -0.15) is 0 Å². The molecule has 6 nitrogen and oxygen atoms in total. The van der Waals surface area contributed by atoms with Gasteiger partial charge >= 0.3 is 5.97 Å². The third-order valence-corrected chi connectivity index (χ3v) is 5.99. The largest absolute Gasteiger partial charge is 0.494 e. The molecular formula is C27H37N3O3. The summed E-state index contributed by atoms with van der Waals surface area (Å²) in [5.74, 6) is 2.09. The van der Waals surface area contributed by atoms with Crippen LogP contribution in [0.1, 0.15) is 77.2 Å². The standard InChI is InChI=1S/C20H23N3O3.C7H14/c1-13(2)14-5-7-15(8-6-14)21-20-22-17-10-9-16(12-18(17)23-20)26-11-3-4-19(24)25;1-7-5-3-2-4-6-7/h5-10,12-13H,3-4,11H2,1-2H3,(H,24,25)(H2,21,22,23);7H,2-6H2,1H3. The summed E-state index contributed by atoms with van der Waals surface area (Å²) >= 11 is 0. The lowest BCUT2D eigenvalue weighted by atomic mass is 9.91. The number of carboxylic acids is 1. The molecule has 1 heterocycles. The predicted molar refractivity (Wildman–Crippen MR) is 135 cm³/mol. The van der Waals surface area contributed by atoms with Crippen LogP contribution in [0.15, 0.2) is 42.5 Å². The van der Waals surface area contributed by atoms with Crippen molar-refractivity contribution >= 4 is 28.6 Å². The molecule has 0 bridgehead atoms. The highest BCUT2D eigenvalue weighted by Crippen LogP contribution is 2.24. The lowest BCUT2D eigenvalue weighted by Crippen LogP contribution is -2.01. The predicted octanol–water partition coefficient (Wildman–Crippen LogP) is 7.26. The number of aliphatic carboxylic acids is 1. The molecule has 4 rings (SSSR count). The molecule has 0 unspecified atom stereocenters. The Kier molecular flexibility index (Phi) is 9.16. The zero-order valence-corrected chi connectivity index (χ0v) is 20.1. The number of carbonyl (C=O) groups is 1. The van der Waals surface area contributed by atoms with Gasteiger partial charge in [-0.25, -0.2) is 4.98 Å². The van der Waals surface area contributed by atoms with Crippen LogP contribution in [0.3, 0.4) is 0 Å². The molecule has 33 heavy (non-hydrogen) atoms. The van der Waals surface area contributed by atoms with Gasteiger partial charge in [0.15, 0.2) is 0 Å². The number of hydrogen-bond donors (Lipinski definition) is 3. The second-order valence-electron chi connectivity index (χ2n) is 9.26. The van der Waals surface area contributed by atoms with Crippen molar-refractivity contribution in [2.24, 2.45) is 5.92 Å². The second-order valence-corrected chi connectivity index (χ2v) is 9.26. The number of aromatic amines is 1. The van der Waals surface area contributed by atoms with E-state index in [1.54, 1.807) is 0 Å². The van der Waals surface area contributed by atoms with Crippen LogP contribution in [-0.4, -0.2) is 27.7 Å². The van der Waals surface area contributed by atoms with E-state index >= 15 is 0 Å². The summed E-state index contributed by atoms with van der Waals surface area (Å²) in [5.41, 5.74) is 3.97. The molecule has 6 heteroatoms. The number of rotatable bonds is 8.